The van der Waals surface area contributed by atoms with Crippen molar-refractivity contribution in [2.45, 2.75) is 32.4 Å². The number of hydrogen-bond acceptors (Lipinski definition) is 6. The quantitative estimate of drug-likeness (QED) is 0.378. The van der Waals surface area contributed by atoms with Crippen molar-refractivity contribution in [2.24, 2.45) is 0 Å². The Bertz CT molecular complexity index is 1440. The first-order valence-electron chi connectivity index (χ1n) is 12.4. The van der Waals surface area contributed by atoms with E-state index in [9.17, 15) is 14.0 Å². The van der Waals surface area contributed by atoms with E-state index < -0.39 is 6.04 Å². The zero-order chi connectivity index (χ0) is 26.5. The van der Waals surface area contributed by atoms with Gasteiger partial charge in [-0.25, -0.2) is 9.37 Å². The number of rotatable bonds is 8. The average molecular weight is 515 g/mol. The van der Waals surface area contributed by atoms with Crippen molar-refractivity contribution in [3.8, 4) is 5.75 Å². The molecule has 1 N–H and O–H groups in total. The predicted octanol–water partition coefficient (Wildman–Crippen LogP) is 4.25. The zero-order valence-electron chi connectivity index (χ0n) is 20.9. The molecule has 38 heavy (non-hydrogen) atoms. The van der Waals surface area contributed by atoms with E-state index in [1.807, 2.05) is 42.5 Å². The van der Waals surface area contributed by atoms with Crippen LogP contribution < -0.4 is 10.1 Å². The van der Waals surface area contributed by atoms with E-state index in [4.69, 9.17) is 9.15 Å². The Morgan fingerprint density at radius 3 is 2.84 bits per heavy atom. The number of carbonyl (C=O) groups is 2. The van der Waals surface area contributed by atoms with Crippen LogP contribution in [0.15, 0.2) is 77.5 Å². The van der Waals surface area contributed by atoms with Gasteiger partial charge >= 0.3 is 0 Å². The zero-order valence-corrected chi connectivity index (χ0v) is 20.9. The Balaban J connectivity index is 1.25. The van der Waals surface area contributed by atoms with Gasteiger partial charge in [-0.2, -0.15) is 0 Å². The van der Waals surface area contributed by atoms with Gasteiger partial charge in [-0.15, -0.1) is 0 Å². The molecule has 0 radical (unpaired) electrons. The molecule has 1 aliphatic rings. The third-order valence-electron chi connectivity index (χ3n) is 6.45. The smallest absolute Gasteiger partial charge is 0.273 e. The number of fused-ring (bicyclic) bond motifs is 1. The third-order valence-corrected chi connectivity index (χ3v) is 6.45. The van der Waals surface area contributed by atoms with Crippen molar-refractivity contribution < 1.29 is 23.1 Å². The van der Waals surface area contributed by atoms with Crippen LogP contribution in [0, 0.1) is 5.82 Å². The molecule has 0 saturated heterocycles. The van der Waals surface area contributed by atoms with Crippen LogP contribution in [0.25, 0.3) is 0 Å². The Hall–Kier alpha value is -4.53. The number of benzene rings is 2. The van der Waals surface area contributed by atoms with Gasteiger partial charge in [0.15, 0.2) is 12.3 Å². The number of aromatic nitrogens is 2. The maximum atomic E-state index is 14.0. The average Bonchev–Trinajstić information content (AvgIpc) is 3.41. The Kier molecular flexibility index (Phi) is 7.44. The van der Waals surface area contributed by atoms with Crippen LogP contribution in [0.4, 0.5) is 4.39 Å². The lowest BCUT2D eigenvalue weighted by Crippen LogP contribution is -2.39. The molecule has 5 rings (SSSR count). The Labute approximate surface area is 219 Å². The van der Waals surface area contributed by atoms with Gasteiger partial charge in [-0.05, 0) is 59.5 Å². The minimum Gasteiger partial charge on any atom is -0.484 e. The summed E-state index contributed by atoms with van der Waals surface area (Å²) in [7, 11) is 0. The van der Waals surface area contributed by atoms with Crippen LogP contribution in [-0.4, -0.2) is 39.8 Å². The Morgan fingerprint density at radius 2 is 2.05 bits per heavy atom. The number of hydrogen-bond donors (Lipinski definition) is 1. The maximum Gasteiger partial charge on any atom is 0.273 e. The second-order valence-corrected chi connectivity index (χ2v) is 9.02. The summed E-state index contributed by atoms with van der Waals surface area (Å²) in [5.41, 5.74) is 3.71. The normalized spacial score (nSPS) is 14.6. The molecule has 0 fully saturated rings. The number of pyridine rings is 1. The van der Waals surface area contributed by atoms with E-state index in [1.54, 1.807) is 17.2 Å². The molecule has 1 atom stereocenters. The van der Waals surface area contributed by atoms with Gasteiger partial charge in [0, 0.05) is 38.3 Å². The van der Waals surface area contributed by atoms with E-state index in [0.29, 0.717) is 37.2 Å². The summed E-state index contributed by atoms with van der Waals surface area (Å²) in [6, 6.07) is 17.2. The molecule has 4 aromatic rings. The van der Waals surface area contributed by atoms with E-state index in [1.165, 1.54) is 25.3 Å². The van der Waals surface area contributed by atoms with Crippen molar-refractivity contribution >= 4 is 11.8 Å². The number of carbonyl (C=O) groups excluding carboxylic acids is 2. The highest BCUT2D eigenvalue weighted by Gasteiger charge is 2.31. The number of amides is 2. The lowest BCUT2D eigenvalue weighted by Gasteiger charge is -2.37. The van der Waals surface area contributed by atoms with Gasteiger partial charge in [-0.3, -0.25) is 14.6 Å². The van der Waals surface area contributed by atoms with Gasteiger partial charge < -0.3 is 19.4 Å². The highest BCUT2D eigenvalue weighted by atomic mass is 19.1. The lowest BCUT2D eigenvalue weighted by atomic mass is 9.88. The summed E-state index contributed by atoms with van der Waals surface area (Å²) in [6.07, 6.45) is 4.31. The summed E-state index contributed by atoms with van der Waals surface area (Å²) >= 11 is 0. The molecule has 9 heteroatoms. The molecular formula is C29H27FN4O4. The van der Waals surface area contributed by atoms with Gasteiger partial charge in [-0.1, -0.05) is 24.3 Å². The van der Waals surface area contributed by atoms with Gasteiger partial charge in [0.2, 0.25) is 11.8 Å². The number of halogens is 1. The van der Waals surface area contributed by atoms with E-state index in [2.05, 4.69) is 15.3 Å². The molecule has 3 heterocycles. The van der Waals surface area contributed by atoms with E-state index in [-0.39, 0.29) is 35.8 Å². The number of nitrogens with zero attached hydrogens (tertiary/aromatic N) is 3. The molecule has 0 saturated carbocycles. The Morgan fingerprint density at radius 1 is 1.16 bits per heavy atom. The van der Waals surface area contributed by atoms with Crippen LogP contribution in [0.2, 0.25) is 0 Å². The third kappa shape index (κ3) is 5.72. The van der Waals surface area contributed by atoms with E-state index in [0.717, 1.165) is 16.8 Å². The van der Waals surface area contributed by atoms with Gasteiger partial charge in [0.1, 0.15) is 17.8 Å². The summed E-state index contributed by atoms with van der Waals surface area (Å²) in [5.74, 6) is 0.0274. The fraction of sp³-hybridized carbons (Fsp3) is 0.241. The van der Waals surface area contributed by atoms with Gasteiger partial charge in [0.25, 0.3) is 5.91 Å². The predicted molar refractivity (Wildman–Crippen MR) is 137 cm³/mol. The fourth-order valence-corrected chi connectivity index (χ4v) is 4.63. The molecule has 0 aliphatic carbocycles. The highest BCUT2D eigenvalue weighted by Crippen LogP contribution is 2.37. The summed E-state index contributed by atoms with van der Waals surface area (Å²) < 4.78 is 25.4. The minimum atomic E-state index is -0.418. The van der Waals surface area contributed by atoms with Crippen LogP contribution in [0.3, 0.4) is 0 Å². The van der Waals surface area contributed by atoms with E-state index >= 15 is 0 Å². The largest absolute Gasteiger partial charge is 0.484 e. The molecule has 1 unspecified atom stereocenters. The second kappa shape index (κ2) is 11.2. The molecule has 2 aromatic carbocycles. The SMILES string of the molecule is CC(=O)N1CCc2ccc(OCc3nc(C(=O)NCCc4ccccn4)co3)cc2C1c1cccc(F)c1. The molecule has 0 bridgehead atoms. The number of nitrogens with one attached hydrogen (secondary N) is 1. The molecule has 8 nitrogen and oxygen atoms in total. The summed E-state index contributed by atoms with van der Waals surface area (Å²) in [6.45, 7) is 2.51. The molecule has 1 aliphatic heterocycles. The van der Waals surface area contributed by atoms with Crippen molar-refractivity contribution in [3.05, 3.63) is 113 Å². The fourth-order valence-electron chi connectivity index (χ4n) is 4.63. The van der Waals surface area contributed by atoms with Crippen molar-refractivity contribution in [1.82, 2.24) is 20.2 Å². The standard InChI is InChI=1S/C29H27FN4O4/c1-19(35)34-14-11-20-8-9-24(16-25(20)28(34)21-5-4-6-22(30)15-21)37-18-27-33-26(17-38-27)29(36)32-13-10-23-7-2-3-12-31-23/h2-9,12,15-17,28H,10-11,13-14,18H2,1H3,(H,32,36). The second-order valence-electron chi connectivity index (χ2n) is 9.02. The van der Waals surface area contributed by atoms with Crippen LogP contribution in [-0.2, 0) is 24.2 Å². The number of oxazole rings is 1. The monoisotopic (exact) mass is 514 g/mol. The van der Waals surface area contributed by atoms with Crippen LogP contribution >= 0.6 is 0 Å². The van der Waals surface area contributed by atoms with Gasteiger partial charge in [0.05, 0.1) is 6.04 Å². The van der Waals surface area contributed by atoms with Crippen molar-refractivity contribution in [1.29, 1.82) is 0 Å². The number of ether oxygens (including phenoxy) is 1. The first-order valence-corrected chi connectivity index (χ1v) is 12.4. The van der Waals surface area contributed by atoms with Crippen molar-refractivity contribution in [3.63, 3.8) is 0 Å². The van der Waals surface area contributed by atoms with Crippen LogP contribution in [0.1, 0.15) is 51.7 Å². The highest BCUT2D eigenvalue weighted by molar-refractivity contribution is 5.91. The summed E-state index contributed by atoms with van der Waals surface area (Å²) in [5, 5.41) is 2.81. The summed E-state index contributed by atoms with van der Waals surface area (Å²) in [4.78, 5) is 35.0. The lowest BCUT2D eigenvalue weighted by molar-refractivity contribution is -0.130. The topological polar surface area (TPSA) is 97.6 Å². The first kappa shape index (κ1) is 25.1. The van der Waals surface area contributed by atoms with Crippen LogP contribution in [0.5, 0.6) is 5.75 Å². The molecule has 2 amide bonds. The molecular weight excluding hydrogens is 487 g/mol. The molecule has 0 spiro atoms. The molecule has 2 aromatic heterocycles. The van der Waals surface area contributed by atoms with Crippen molar-refractivity contribution in [2.75, 3.05) is 13.1 Å². The first-order chi connectivity index (χ1) is 18.5. The molecule has 194 valence electrons. The minimum absolute atomic E-state index is 0.0149. The maximum absolute atomic E-state index is 14.0.